The van der Waals surface area contributed by atoms with Gasteiger partial charge in [-0.25, -0.2) is 0 Å². The van der Waals surface area contributed by atoms with Crippen LogP contribution in [0.25, 0.3) is 0 Å². The van der Waals surface area contributed by atoms with Crippen LogP contribution >= 0.6 is 0 Å². The van der Waals surface area contributed by atoms with E-state index in [0.717, 1.165) is 0 Å². The van der Waals surface area contributed by atoms with E-state index in [4.69, 9.17) is 0 Å². The van der Waals surface area contributed by atoms with E-state index in [-0.39, 0.29) is 134 Å². The van der Waals surface area contributed by atoms with Crippen LogP contribution in [0.1, 0.15) is 0 Å². The monoisotopic (exact) mass is 762 g/mol. The van der Waals surface area contributed by atoms with Crippen molar-refractivity contribution in [1.82, 2.24) is 0 Å². The Bertz CT molecular complexity index is 7.51. The minimum absolute atomic E-state index is 0. The summed E-state index contributed by atoms with van der Waals surface area (Å²) in [6.07, 6.45) is 0. The van der Waals surface area contributed by atoms with Gasteiger partial charge in [-0.05, 0) is 0 Å². The predicted octanol–water partition coefficient (Wildman–Crippen LogP) is -12.0. The summed E-state index contributed by atoms with van der Waals surface area (Å²) in [6.45, 7) is 0. The molecule has 0 saturated carbocycles. The second-order valence-electron chi connectivity index (χ2n) is 0. The molecule has 0 N–H and O–H groups in total. The Morgan fingerprint density at radius 3 is 0.500 bits per heavy atom. The van der Waals surface area contributed by atoms with Crippen LogP contribution in [-0.4, -0.2) is 0 Å². The van der Waals surface area contributed by atoms with E-state index in [0.29, 0.717) is 0 Å². The van der Waals surface area contributed by atoms with Crippen molar-refractivity contribution >= 4 is 0 Å². The van der Waals surface area contributed by atoms with Crippen molar-refractivity contribution < 1.29 is 134 Å². The first kappa shape index (κ1) is 49.6. The molecule has 0 saturated heterocycles. The molecule has 0 nitrogen and oxygen atoms in total. The quantitative estimate of drug-likeness (QED) is 0.216. The van der Waals surface area contributed by atoms with Gasteiger partial charge in [0, 0.05) is 16.8 Å². The van der Waals surface area contributed by atoms with Crippen molar-refractivity contribution in [3.8, 4) is 0 Å². The van der Waals surface area contributed by atoms with Crippen LogP contribution in [0.3, 0.4) is 0 Å². The number of hydrogen-bond donors (Lipinski definition) is 0. The minimum atomic E-state index is 0. The minimum Gasteiger partial charge on any atom is -1.00 e. The van der Waals surface area contributed by atoms with Gasteiger partial charge in [-0.1, -0.05) is 0 Å². The molecule has 6 heteroatoms. The zero-order chi connectivity index (χ0) is 0. The molecule has 6 heavy (non-hydrogen) atoms. The summed E-state index contributed by atoms with van der Waals surface area (Å²) in [4.78, 5) is 0. The van der Waals surface area contributed by atoms with Gasteiger partial charge in [0.25, 0.3) is 0 Å². The molecule has 0 bridgehead atoms. The normalized spacial score (nSPS) is 0. The second-order valence-corrected chi connectivity index (χ2v) is 0. The van der Waals surface area contributed by atoms with Gasteiger partial charge in [0.05, 0.1) is 0 Å². The summed E-state index contributed by atoms with van der Waals surface area (Å²) in [5.41, 5.74) is 0. The maximum Gasteiger partial charge on any atom is 4.00 e. The maximum atomic E-state index is 0. The fourth-order valence-corrected chi connectivity index (χ4v) is 0. The van der Waals surface area contributed by atoms with Gasteiger partial charge in [-0.2, -0.15) is 0 Å². The molecule has 1 radical (unpaired) electrons. The summed E-state index contributed by atoms with van der Waals surface area (Å²) >= 11 is 0. The Morgan fingerprint density at radius 1 is 0.500 bits per heavy atom. The van der Waals surface area contributed by atoms with Crippen molar-refractivity contribution in [2.45, 2.75) is 0 Å². The first-order valence-corrected chi connectivity index (χ1v) is 0. The van der Waals surface area contributed by atoms with Crippen LogP contribution in [0.2, 0.25) is 0 Å². The average molecular weight is 762 g/mol. The molecule has 0 aromatic rings. The van der Waals surface area contributed by atoms with E-state index in [2.05, 4.69) is 0 Å². The Morgan fingerprint density at radius 2 is 0.500 bits per heavy atom. The maximum absolute atomic E-state index is 0. The summed E-state index contributed by atoms with van der Waals surface area (Å²) in [5, 5.41) is 0. The van der Waals surface area contributed by atoms with E-state index in [1.807, 2.05) is 0 Å². The molecule has 0 aliphatic carbocycles. The van der Waals surface area contributed by atoms with Gasteiger partial charge < -0.3 is 95.9 Å². The smallest absolute Gasteiger partial charge is 1.00 e. The molecule has 0 heterocycles. The number of hydrogen-bond acceptors (Lipinski definition) is 0. The molecule has 0 atom stereocenters. The standard InChI is InChI=1S/Co.4HI.Pt/h;4*1H;/q;;;;;+4/p-4. The van der Waals surface area contributed by atoms with E-state index in [1.165, 1.54) is 0 Å². The van der Waals surface area contributed by atoms with Crippen molar-refractivity contribution in [2.75, 3.05) is 0 Å². The first-order valence-electron chi connectivity index (χ1n) is 0. The molecule has 0 aromatic heterocycles. The van der Waals surface area contributed by atoms with E-state index < -0.39 is 0 Å². The Hall–Kier alpha value is 4.11. The largest absolute Gasteiger partial charge is 4.00 e. The molecule has 47 valence electrons. The van der Waals surface area contributed by atoms with E-state index in [9.17, 15) is 0 Å². The van der Waals surface area contributed by atoms with Crippen LogP contribution in [-0.2, 0) is 37.8 Å². The van der Waals surface area contributed by atoms with Crippen molar-refractivity contribution in [3.05, 3.63) is 0 Å². The molecule has 0 aliphatic heterocycles. The van der Waals surface area contributed by atoms with Crippen LogP contribution in [0.4, 0.5) is 0 Å². The molecule has 0 fully saturated rings. The van der Waals surface area contributed by atoms with Crippen molar-refractivity contribution in [2.24, 2.45) is 0 Å². The third kappa shape index (κ3) is 24.3. The molecule has 0 amide bonds. The molecule has 0 rings (SSSR count). The second kappa shape index (κ2) is 35.4. The predicted molar refractivity (Wildman–Crippen MR) is 0 cm³/mol. The average Bonchev–Trinajstić information content (AvgIpc) is 0. The summed E-state index contributed by atoms with van der Waals surface area (Å²) < 4.78 is 0. The number of halogens is 4. The zero-order valence-electron chi connectivity index (χ0n) is 2.16. The van der Waals surface area contributed by atoms with Gasteiger partial charge in [0.1, 0.15) is 0 Å². The molecule has 0 aliphatic rings. The Labute approximate surface area is 131 Å². The SMILES string of the molecule is [Co].[I-].[I-].[I-].[I-].[Pt+4]. The van der Waals surface area contributed by atoms with E-state index in [1.54, 1.807) is 0 Å². The molecular weight excluding hydrogens is 762 g/mol. The summed E-state index contributed by atoms with van der Waals surface area (Å²) in [7, 11) is 0. The molecule has 0 unspecified atom stereocenters. The Kier molecular flexibility index (Phi) is 293. The Balaban J connectivity index is 0. The number of rotatable bonds is 0. The van der Waals surface area contributed by atoms with Crippen LogP contribution < -0.4 is 95.9 Å². The molecular formula is CoI4Pt. The van der Waals surface area contributed by atoms with Gasteiger partial charge in [0.2, 0.25) is 0 Å². The third-order valence-corrected chi connectivity index (χ3v) is 0. The molecule has 0 aromatic carbocycles. The fraction of sp³-hybridized carbons (Fsp3) is 0. The summed E-state index contributed by atoms with van der Waals surface area (Å²) in [5.74, 6) is 0. The van der Waals surface area contributed by atoms with E-state index >= 15 is 0 Å². The third-order valence-electron chi connectivity index (χ3n) is 0. The molecule has 0 spiro atoms. The van der Waals surface area contributed by atoms with Gasteiger partial charge in [-0.15, -0.1) is 0 Å². The topological polar surface area (TPSA) is 0 Å². The van der Waals surface area contributed by atoms with Gasteiger partial charge >= 0.3 is 21.1 Å². The first-order chi connectivity index (χ1) is 0. The summed E-state index contributed by atoms with van der Waals surface area (Å²) in [6, 6.07) is 0. The van der Waals surface area contributed by atoms with Crippen LogP contribution in [0.15, 0.2) is 0 Å². The van der Waals surface area contributed by atoms with Crippen molar-refractivity contribution in [1.29, 1.82) is 0 Å². The van der Waals surface area contributed by atoms with Crippen LogP contribution in [0, 0.1) is 0 Å². The van der Waals surface area contributed by atoms with Crippen LogP contribution in [0.5, 0.6) is 0 Å². The fourth-order valence-electron chi connectivity index (χ4n) is 0. The van der Waals surface area contributed by atoms with Crippen molar-refractivity contribution in [3.63, 3.8) is 0 Å². The van der Waals surface area contributed by atoms with Gasteiger partial charge in [-0.3, -0.25) is 0 Å². The zero-order valence-corrected chi connectivity index (χ0v) is 14.1. The van der Waals surface area contributed by atoms with Gasteiger partial charge in [0.15, 0.2) is 0 Å².